The van der Waals surface area contributed by atoms with Crippen molar-refractivity contribution < 1.29 is 22.7 Å². The molecule has 22 heavy (non-hydrogen) atoms. The van der Waals surface area contributed by atoms with Gasteiger partial charge in [0.25, 0.3) is 0 Å². The van der Waals surface area contributed by atoms with Crippen LogP contribution >= 0.6 is 11.6 Å². The molecule has 1 heterocycles. The number of ether oxygens (including phenoxy) is 1. The van der Waals surface area contributed by atoms with Gasteiger partial charge in [0, 0.05) is 16.3 Å². The highest BCUT2D eigenvalue weighted by Crippen LogP contribution is 2.39. The van der Waals surface area contributed by atoms with E-state index in [0.29, 0.717) is 11.1 Å². The summed E-state index contributed by atoms with van der Waals surface area (Å²) in [5.41, 5.74) is -0.287. The molecule has 0 spiro atoms. The molecule has 0 fully saturated rings. The fourth-order valence-corrected chi connectivity index (χ4v) is 2.44. The number of anilines is 1. The van der Waals surface area contributed by atoms with E-state index in [0.717, 1.165) is 6.07 Å². The molecule has 0 unspecified atom stereocenters. The molecule has 114 valence electrons. The molecule has 2 aromatic carbocycles. The number of carbonyl (C=O) groups excluding carboxylic acids is 1. The van der Waals surface area contributed by atoms with E-state index in [1.165, 1.54) is 12.1 Å². The van der Waals surface area contributed by atoms with Crippen LogP contribution < -0.4 is 5.32 Å². The topological polar surface area (TPSA) is 38.3 Å². The Morgan fingerprint density at radius 1 is 1.14 bits per heavy atom. The summed E-state index contributed by atoms with van der Waals surface area (Å²) in [6.07, 6.45) is -5.54. The Hall–Kier alpha value is -2.21. The molecule has 1 atom stereocenters. The highest BCUT2D eigenvalue weighted by Gasteiger charge is 2.36. The van der Waals surface area contributed by atoms with E-state index in [-0.39, 0.29) is 10.7 Å². The highest BCUT2D eigenvalue weighted by molar-refractivity contribution is 6.30. The second kappa shape index (κ2) is 5.21. The van der Waals surface area contributed by atoms with Gasteiger partial charge in [-0.2, -0.15) is 13.2 Å². The van der Waals surface area contributed by atoms with Gasteiger partial charge in [-0.05, 0) is 24.3 Å². The predicted molar refractivity (Wildman–Crippen MR) is 74.7 cm³/mol. The van der Waals surface area contributed by atoms with E-state index in [4.69, 9.17) is 16.3 Å². The number of esters is 1. The lowest BCUT2D eigenvalue weighted by Crippen LogP contribution is -2.15. The molecule has 0 saturated heterocycles. The van der Waals surface area contributed by atoms with E-state index in [1.54, 1.807) is 24.3 Å². The van der Waals surface area contributed by atoms with E-state index in [2.05, 4.69) is 5.32 Å². The van der Waals surface area contributed by atoms with Crippen molar-refractivity contribution in [3.63, 3.8) is 0 Å². The van der Waals surface area contributed by atoms with Crippen molar-refractivity contribution in [2.75, 3.05) is 5.32 Å². The zero-order valence-corrected chi connectivity index (χ0v) is 11.7. The largest absolute Gasteiger partial charge is 0.434 e. The molecule has 0 bridgehead atoms. The third kappa shape index (κ3) is 2.62. The lowest BCUT2D eigenvalue weighted by atomic mass is 10.1. The SMILES string of the molecule is O=C1O[C@H](Nc2ccc(Cl)cc2C(F)(F)F)c2ccccc21. The molecule has 0 saturated carbocycles. The van der Waals surface area contributed by atoms with E-state index in [9.17, 15) is 18.0 Å². The molecular weight excluding hydrogens is 319 g/mol. The number of halogens is 4. The molecule has 1 aliphatic heterocycles. The van der Waals surface area contributed by atoms with Crippen LogP contribution in [-0.4, -0.2) is 5.97 Å². The second-order valence-corrected chi connectivity index (χ2v) is 5.14. The molecule has 7 heteroatoms. The maximum atomic E-state index is 13.1. The van der Waals surface area contributed by atoms with Crippen molar-refractivity contribution in [1.82, 2.24) is 0 Å². The third-order valence-corrected chi connectivity index (χ3v) is 3.50. The minimum absolute atomic E-state index is 0.0262. The summed E-state index contributed by atoms with van der Waals surface area (Å²) in [5.74, 6) is -0.573. The minimum Gasteiger partial charge on any atom is -0.434 e. The van der Waals surface area contributed by atoms with Crippen LogP contribution in [0.15, 0.2) is 42.5 Å². The van der Waals surface area contributed by atoms with Gasteiger partial charge in [0.2, 0.25) is 6.23 Å². The molecule has 1 aliphatic rings. The monoisotopic (exact) mass is 327 g/mol. The van der Waals surface area contributed by atoms with Crippen molar-refractivity contribution >= 4 is 23.3 Å². The molecule has 3 rings (SSSR count). The fourth-order valence-electron chi connectivity index (χ4n) is 2.27. The van der Waals surface area contributed by atoms with Crippen LogP contribution in [0.3, 0.4) is 0 Å². The Bertz CT molecular complexity index is 746. The van der Waals surface area contributed by atoms with Crippen LogP contribution in [0.2, 0.25) is 5.02 Å². The number of hydrogen-bond acceptors (Lipinski definition) is 3. The summed E-state index contributed by atoms with van der Waals surface area (Å²) in [6.45, 7) is 0. The van der Waals surface area contributed by atoms with Gasteiger partial charge in [-0.3, -0.25) is 0 Å². The number of alkyl halides is 3. The summed E-state index contributed by atoms with van der Waals surface area (Å²) >= 11 is 5.63. The summed E-state index contributed by atoms with van der Waals surface area (Å²) < 4.78 is 44.3. The molecule has 3 nitrogen and oxygen atoms in total. The number of rotatable bonds is 2. The van der Waals surface area contributed by atoms with Crippen LogP contribution in [0, 0.1) is 0 Å². The van der Waals surface area contributed by atoms with Crippen LogP contribution in [-0.2, 0) is 10.9 Å². The van der Waals surface area contributed by atoms with Gasteiger partial charge in [0.15, 0.2) is 0 Å². The molecule has 0 aliphatic carbocycles. The summed E-state index contributed by atoms with van der Waals surface area (Å²) in [6, 6.07) is 9.90. The number of nitrogens with one attached hydrogen (secondary N) is 1. The fraction of sp³-hybridized carbons (Fsp3) is 0.133. The van der Waals surface area contributed by atoms with E-state index in [1.807, 2.05) is 0 Å². The Labute approximate surface area is 128 Å². The maximum absolute atomic E-state index is 13.1. The van der Waals surface area contributed by atoms with Crippen LogP contribution in [0.5, 0.6) is 0 Å². The molecule has 0 radical (unpaired) electrons. The van der Waals surface area contributed by atoms with Gasteiger partial charge >= 0.3 is 12.1 Å². The van der Waals surface area contributed by atoms with E-state index < -0.39 is 23.9 Å². The highest BCUT2D eigenvalue weighted by atomic mass is 35.5. The van der Waals surface area contributed by atoms with E-state index >= 15 is 0 Å². The summed E-state index contributed by atoms with van der Waals surface area (Å²) in [7, 11) is 0. The second-order valence-electron chi connectivity index (χ2n) is 4.70. The number of benzene rings is 2. The molecule has 0 aromatic heterocycles. The number of cyclic esters (lactones) is 1. The molecule has 1 N–H and O–H groups in total. The first-order valence-electron chi connectivity index (χ1n) is 6.29. The first-order valence-corrected chi connectivity index (χ1v) is 6.67. The van der Waals surface area contributed by atoms with Gasteiger partial charge in [0.05, 0.1) is 11.1 Å². The van der Waals surface area contributed by atoms with Crippen LogP contribution in [0.25, 0.3) is 0 Å². The van der Waals surface area contributed by atoms with Gasteiger partial charge in [-0.25, -0.2) is 4.79 Å². The lowest BCUT2D eigenvalue weighted by molar-refractivity contribution is -0.137. The van der Waals surface area contributed by atoms with Crippen molar-refractivity contribution in [3.8, 4) is 0 Å². The quantitative estimate of drug-likeness (QED) is 0.817. The number of fused-ring (bicyclic) bond motifs is 1. The first kappa shape index (κ1) is 14.7. The average Bonchev–Trinajstić information content (AvgIpc) is 2.77. The van der Waals surface area contributed by atoms with Crippen LogP contribution in [0.4, 0.5) is 18.9 Å². The Balaban J connectivity index is 1.97. The number of hydrogen-bond donors (Lipinski definition) is 1. The molecule has 2 aromatic rings. The van der Waals surface area contributed by atoms with Crippen LogP contribution in [0.1, 0.15) is 27.7 Å². The lowest BCUT2D eigenvalue weighted by Gasteiger charge is -2.19. The van der Waals surface area contributed by atoms with Gasteiger partial charge in [-0.1, -0.05) is 29.8 Å². The third-order valence-electron chi connectivity index (χ3n) is 3.26. The molecule has 0 amide bonds. The van der Waals surface area contributed by atoms with Crippen molar-refractivity contribution in [2.45, 2.75) is 12.4 Å². The Kier molecular flexibility index (Phi) is 3.48. The van der Waals surface area contributed by atoms with Gasteiger partial charge in [-0.15, -0.1) is 0 Å². The zero-order valence-electron chi connectivity index (χ0n) is 10.9. The smallest absolute Gasteiger partial charge is 0.418 e. The maximum Gasteiger partial charge on any atom is 0.418 e. The van der Waals surface area contributed by atoms with Crippen molar-refractivity contribution in [2.24, 2.45) is 0 Å². The summed E-state index contributed by atoms with van der Waals surface area (Å²) in [4.78, 5) is 11.7. The predicted octanol–water partition coefficient (Wildman–Crippen LogP) is 4.64. The average molecular weight is 328 g/mol. The summed E-state index contributed by atoms with van der Waals surface area (Å²) in [5, 5.41) is 2.58. The van der Waals surface area contributed by atoms with Crippen molar-refractivity contribution in [1.29, 1.82) is 0 Å². The zero-order chi connectivity index (χ0) is 15.9. The van der Waals surface area contributed by atoms with Gasteiger partial charge < -0.3 is 10.1 Å². The number of carbonyl (C=O) groups is 1. The normalized spacial score (nSPS) is 17.1. The minimum atomic E-state index is -4.57. The van der Waals surface area contributed by atoms with Crippen molar-refractivity contribution in [3.05, 3.63) is 64.2 Å². The molecular formula is C15H9ClF3NO2. The first-order chi connectivity index (χ1) is 10.4. The Morgan fingerprint density at radius 3 is 2.59 bits per heavy atom. The van der Waals surface area contributed by atoms with Gasteiger partial charge in [0.1, 0.15) is 0 Å². The Morgan fingerprint density at radius 2 is 1.86 bits per heavy atom. The standard InChI is InChI=1S/C15H9ClF3NO2/c16-8-5-6-12(11(7-8)15(17,18)19)20-13-9-3-1-2-4-10(9)14(21)22-13/h1-7,13,20H/t13-/m0/s1.